The number of hydrogen-bond donors (Lipinski definition) is 1. The van der Waals surface area contributed by atoms with Crippen LogP contribution in [0.25, 0.3) is 0 Å². The number of amides is 1. The minimum atomic E-state index is 0.111. The number of nitrogens with zero attached hydrogens (tertiary/aromatic N) is 5. The number of carbonyl (C=O) groups is 1. The summed E-state index contributed by atoms with van der Waals surface area (Å²) < 4.78 is 10.7. The van der Waals surface area contributed by atoms with Crippen LogP contribution >= 0.6 is 0 Å². The van der Waals surface area contributed by atoms with Crippen molar-refractivity contribution in [2.75, 3.05) is 43.2 Å². The van der Waals surface area contributed by atoms with Crippen molar-refractivity contribution >= 4 is 23.4 Å². The smallest absolute Gasteiger partial charge is 0.231 e. The van der Waals surface area contributed by atoms with Gasteiger partial charge in [-0.15, -0.1) is 10.2 Å². The molecule has 1 fully saturated rings. The maximum atomic E-state index is 12.7. The van der Waals surface area contributed by atoms with Crippen LogP contribution in [0.1, 0.15) is 11.1 Å². The molecule has 2 aliphatic rings. The van der Waals surface area contributed by atoms with Crippen LogP contribution in [0, 0.1) is 6.92 Å². The molecule has 2 aliphatic heterocycles. The Morgan fingerprint density at radius 2 is 1.78 bits per heavy atom. The molecule has 0 atom stereocenters. The Labute approximate surface area is 186 Å². The van der Waals surface area contributed by atoms with Crippen LogP contribution < -0.4 is 19.7 Å². The van der Waals surface area contributed by atoms with E-state index in [1.165, 1.54) is 0 Å². The lowest BCUT2D eigenvalue weighted by atomic mass is 10.1. The Balaban J connectivity index is 1.14. The van der Waals surface area contributed by atoms with Gasteiger partial charge in [-0.25, -0.2) is 4.98 Å². The van der Waals surface area contributed by atoms with Crippen molar-refractivity contribution in [1.82, 2.24) is 20.1 Å². The lowest BCUT2D eigenvalue weighted by molar-refractivity contribution is -0.130. The Bertz CT molecular complexity index is 1100. The van der Waals surface area contributed by atoms with Gasteiger partial charge in [0.15, 0.2) is 23.1 Å². The third-order valence-electron chi connectivity index (χ3n) is 5.57. The molecule has 1 saturated heterocycles. The quantitative estimate of drug-likeness (QED) is 0.658. The van der Waals surface area contributed by atoms with Crippen molar-refractivity contribution in [3.63, 3.8) is 0 Å². The normalized spacial score (nSPS) is 15.0. The Morgan fingerprint density at radius 3 is 2.53 bits per heavy atom. The first-order chi connectivity index (χ1) is 15.6. The van der Waals surface area contributed by atoms with Crippen LogP contribution in [-0.4, -0.2) is 59.0 Å². The molecule has 2 aromatic heterocycles. The number of benzene rings is 1. The van der Waals surface area contributed by atoms with Gasteiger partial charge in [0.25, 0.3) is 0 Å². The predicted octanol–water partition coefficient (Wildman–Crippen LogP) is 2.54. The van der Waals surface area contributed by atoms with Gasteiger partial charge in [0.05, 0.1) is 6.42 Å². The first-order valence-corrected chi connectivity index (χ1v) is 10.6. The molecule has 3 aromatic rings. The summed E-state index contributed by atoms with van der Waals surface area (Å²) in [6.07, 6.45) is 2.15. The van der Waals surface area contributed by atoms with Gasteiger partial charge in [-0.2, -0.15) is 0 Å². The zero-order valence-electron chi connectivity index (χ0n) is 17.8. The molecule has 1 N–H and O–H groups in total. The number of pyridine rings is 1. The fourth-order valence-corrected chi connectivity index (χ4v) is 3.76. The number of ether oxygens (including phenoxy) is 2. The largest absolute Gasteiger partial charge is 0.454 e. The standard InChI is InChI=1S/C23H24N6O3/c1-16-2-5-20(24-14-16)25-21-6-7-22(27-26-21)28-8-10-29(11-9-28)23(30)13-17-3-4-18-19(12-17)32-15-31-18/h2-7,12,14H,8-11,13,15H2,1H3,(H,24,25,26). The maximum Gasteiger partial charge on any atom is 0.231 e. The Hall–Kier alpha value is -3.88. The minimum Gasteiger partial charge on any atom is -0.454 e. The number of aromatic nitrogens is 3. The van der Waals surface area contributed by atoms with Gasteiger partial charge in [-0.05, 0) is 48.4 Å². The zero-order chi connectivity index (χ0) is 21.9. The number of piperazine rings is 1. The van der Waals surface area contributed by atoms with Gasteiger partial charge in [-0.3, -0.25) is 4.79 Å². The summed E-state index contributed by atoms with van der Waals surface area (Å²) in [6.45, 7) is 4.96. The van der Waals surface area contributed by atoms with Gasteiger partial charge in [0.1, 0.15) is 5.82 Å². The number of rotatable bonds is 5. The van der Waals surface area contributed by atoms with Crippen molar-refractivity contribution in [3.05, 3.63) is 59.8 Å². The van der Waals surface area contributed by atoms with Crippen LogP contribution in [0.3, 0.4) is 0 Å². The number of anilines is 3. The highest BCUT2D eigenvalue weighted by atomic mass is 16.7. The van der Waals surface area contributed by atoms with Crippen LogP contribution in [-0.2, 0) is 11.2 Å². The van der Waals surface area contributed by atoms with Gasteiger partial charge < -0.3 is 24.6 Å². The predicted molar refractivity (Wildman–Crippen MR) is 119 cm³/mol. The second kappa shape index (κ2) is 8.70. The molecule has 0 spiro atoms. The molecule has 164 valence electrons. The first-order valence-electron chi connectivity index (χ1n) is 10.6. The van der Waals surface area contributed by atoms with Gasteiger partial charge in [0.2, 0.25) is 12.7 Å². The van der Waals surface area contributed by atoms with Gasteiger partial charge in [-0.1, -0.05) is 12.1 Å². The number of fused-ring (bicyclic) bond motifs is 1. The molecule has 4 heterocycles. The van der Waals surface area contributed by atoms with E-state index >= 15 is 0 Å². The molecule has 1 aromatic carbocycles. The molecule has 9 nitrogen and oxygen atoms in total. The van der Waals surface area contributed by atoms with Crippen molar-refractivity contribution in [1.29, 1.82) is 0 Å². The lowest BCUT2D eigenvalue weighted by Gasteiger charge is -2.35. The van der Waals surface area contributed by atoms with E-state index in [0.29, 0.717) is 44.2 Å². The highest BCUT2D eigenvalue weighted by molar-refractivity contribution is 5.79. The van der Waals surface area contributed by atoms with E-state index in [9.17, 15) is 4.79 Å². The maximum absolute atomic E-state index is 12.7. The van der Waals surface area contributed by atoms with E-state index in [2.05, 4.69) is 25.4 Å². The summed E-state index contributed by atoms with van der Waals surface area (Å²) in [7, 11) is 0. The van der Waals surface area contributed by atoms with E-state index in [-0.39, 0.29) is 12.7 Å². The summed E-state index contributed by atoms with van der Waals surface area (Å²) in [5.41, 5.74) is 2.03. The first kappa shape index (κ1) is 20.0. The molecule has 0 saturated carbocycles. The van der Waals surface area contributed by atoms with Crippen LogP contribution in [0.15, 0.2) is 48.7 Å². The van der Waals surface area contributed by atoms with E-state index in [1.54, 1.807) is 6.20 Å². The number of hydrogen-bond acceptors (Lipinski definition) is 8. The fourth-order valence-electron chi connectivity index (χ4n) is 3.76. The number of carbonyl (C=O) groups excluding carboxylic acids is 1. The van der Waals surface area contributed by atoms with Crippen LogP contribution in [0.2, 0.25) is 0 Å². The average Bonchev–Trinajstić information content (AvgIpc) is 3.29. The highest BCUT2D eigenvalue weighted by Crippen LogP contribution is 2.32. The van der Waals surface area contributed by atoms with Crippen LogP contribution in [0.4, 0.5) is 17.5 Å². The summed E-state index contributed by atoms with van der Waals surface area (Å²) in [5, 5.41) is 11.8. The third kappa shape index (κ3) is 4.41. The zero-order valence-corrected chi connectivity index (χ0v) is 17.8. The van der Waals surface area contributed by atoms with Crippen molar-refractivity contribution in [2.24, 2.45) is 0 Å². The SMILES string of the molecule is Cc1ccc(Nc2ccc(N3CCN(C(=O)Cc4ccc5c(c4)OCO5)CC3)nn2)nc1. The highest BCUT2D eigenvalue weighted by Gasteiger charge is 2.23. The van der Waals surface area contributed by atoms with Crippen molar-refractivity contribution < 1.29 is 14.3 Å². The average molecular weight is 432 g/mol. The number of nitrogens with one attached hydrogen (secondary N) is 1. The fraction of sp³-hybridized carbons (Fsp3) is 0.304. The van der Waals surface area contributed by atoms with Gasteiger partial charge in [0, 0.05) is 32.4 Å². The molecule has 1 amide bonds. The summed E-state index contributed by atoms with van der Waals surface area (Å²) in [4.78, 5) is 21.1. The Kier molecular flexibility index (Phi) is 5.45. The monoisotopic (exact) mass is 432 g/mol. The molecule has 0 radical (unpaired) electrons. The summed E-state index contributed by atoms with van der Waals surface area (Å²) >= 11 is 0. The Morgan fingerprint density at radius 1 is 0.969 bits per heavy atom. The third-order valence-corrected chi connectivity index (χ3v) is 5.57. The molecule has 9 heteroatoms. The van der Waals surface area contributed by atoms with E-state index in [1.807, 2.05) is 54.3 Å². The second-order valence-corrected chi connectivity index (χ2v) is 7.85. The van der Waals surface area contributed by atoms with E-state index in [4.69, 9.17) is 9.47 Å². The van der Waals surface area contributed by atoms with Crippen molar-refractivity contribution in [2.45, 2.75) is 13.3 Å². The molecule has 5 rings (SSSR count). The van der Waals surface area contributed by atoms with E-state index < -0.39 is 0 Å². The number of aryl methyl sites for hydroxylation is 1. The minimum absolute atomic E-state index is 0.111. The van der Waals surface area contributed by atoms with Gasteiger partial charge >= 0.3 is 0 Å². The second-order valence-electron chi connectivity index (χ2n) is 7.85. The molecule has 32 heavy (non-hydrogen) atoms. The molecular formula is C23H24N6O3. The summed E-state index contributed by atoms with van der Waals surface area (Å²) in [5.74, 6) is 3.71. The topological polar surface area (TPSA) is 92.7 Å². The van der Waals surface area contributed by atoms with E-state index in [0.717, 1.165) is 28.5 Å². The lowest BCUT2D eigenvalue weighted by Crippen LogP contribution is -2.49. The van der Waals surface area contributed by atoms with Crippen molar-refractivity contribution in [3.8, 4) is 11.5 Å². The molecular weight excluding hydrogens is 408 g/mol. The molecule has 0 bridgehead atoms. The molecule has 0 unspecified atom stereocenters. The van der Waals surface area contributed by atoms with Crippen LogP contribution in [0.5, 0.6) is 11.5 Å². The molecule has 0 aliphatic carbocycles. The summed E-state index contributed by atoms with van der Waals surface area (Å²) in [6, 6.07) is 13.4.